The smallest absolute Gasteiger partial charge is 0.454 e. The molecule has 2 aromatic rings. The molecule has 3 aliphatic rings. The fourth-order valence-electron chi connectivity index (χ4n) is 4.24. The van der Waals surface area contributed by atoms with E-state index >= 15 is 0 Å². The van der Waals surface area contributed by atoms with Gasteiger partial charge in [0.25, 0.3) is 5.79 Å². The first-order valence-electron chi connectivity index (χ1n) is 9.92. The third-order valence-electron chi connectivity index (χ3n) is 5.98. The number of fused-ring (bicyclic) bond motifs is 1. The van der Waals surface area contributed by atoms with Gasteiger partial charge in [0.05, 0.1) is 18.6 Å². The number of hydrogen-bond donors (Lipinski definition) is 1. The van der Waals surface area contributed by atoms with E-state index in [1.54, 1.807) is 19.5 Å². The van der Waals surface area contributed by atoms with Crippen LogP contribution in [0.4, 0.5) is 0 Å². The van der Waals surface area contributed by atoms with Gasteiger partial charge in [-0.2, -0.15) is 0 Å². The lowest BCUT2D eigenvalue weighted by Gasteiger charge is -2.31. The van der Waals surface area contributed by atoms with Gasteiger partial charge in [0.1, 0.15) is 0 Å². The molecule has 4 heterocycles. The highest BCUT2D eigenvalue weighted by Gasteiger charge is 2.48. The molecule has 0 bridgehead atoms. The van der Waals surface area contributed by atoms with Crippen molar-refractivity contribution in [1.82, 2.24) is 4.98 Å². The van der Waals surface area contributed by atoms with E-state index < -0.39 is 22.7 Å². The number of sulfone groups is 1. The van der Waals surface area contributed by atoms with Crippen LogP contribution in [-0.4, -0.2) is 56.6 Å². The SMILES string of the molecule is COc1ccc(-c2cncc([C@@H]3COB(O)C3)c2)c2c1OC1(CCS(=O)(=O)CC1)O2. The number of benzene rings is 1. The maximum atomic E-state index is 11.9. The first-order chi connectivity index (χ1) is 14.4. The molecule has 1 aromatic carbocycles. The number of pyridine rings is 1. The molecule has 5 rings (SSSR count). The van der Waals surface area contributed by atoms with Gasteiger partial charge >= 0.3 is 7.12 Å². The number of aromatic nitrogens is 1. The van der Waals surface area contributed by atoms with Crippen molar-refractivity contribution in [3.63, 3.8) is 0 Å². The van der Waals surface area contributed by atoms with E-state index in [9.17, 15) is 13.4 Å². The Morgan fingerprint density at radius 2 is 1.97 bits per heavy atom. The zero-order valence-corrected chi connectivity index (χ0v) is 17.4. The van der Waals surface area contributed by atoms with Gasteiger partial charge in [-0.1, -0.05) is 0 Å². The highest BCUT2D eigenvalue weighted by Crippen LogP contribution is 2.53. The average Bonchev–Trinajstić information content (AvgIpc) is 3.34. The summed E-state index contributed by atoms with van der Waals surface area (Å²) in [5, 5.41) is 9.67. The van der Waals surface area contributed by atoms with Crippen molar-refractivity contribution in [3.8, 4) is 28.4 Å². The van der Waals surface area contributed by atoms with Crippen molar-refractivity contribution in [1.29, 1.82) is 0 Å². The van der Waals surface area contributed by atoms with E-state index in [-0.39, 0.29) is 30.3 Å². The molecule has 2 saturated heterocycles. The van der Waals surface area contributed by atoms with Crippen LogP contribution < -0.4 is 14.2 Å². The first kappa shape index (κ1) is 19.7. The topological polar surface area (TPSA) is 104 Å². The van der Waals surface area contributed by atoms with Gasteiger partial charge in [-0.15, -0.1) is 0 Å². The predicted molar refractivity (Wildman–Crippen MR) is 110 cm³/mol. The molecule has 8 nitrogen and oxygen atoms in total. The van der Waals surface area contributed by atoms with Gasteiger partial charge in [0.15, 0.2) is 21.3 Å². The monoisotopic (exact) mass is 431 g/mol. The van der Waals surface area contributed by atoms with Crippen LogP contribution in [0.15, 0.2) is 30.6 Å². The van der Waals surface area contributed by atoms with Crippen LogP contribution in [0.2, 0.25) is 6.32 Å². The minimum Gasteiger partial charge on any atom is -0.493 e. The van der Waals surface area contributed by atoms with Crippen LogP contribution in [0, 0.1) is 0 Å². The summed E-state index contributed by atoms with van der Waals surface area (Å²) in [6, 6.07) is 5.71. The van der Waals surface area contributed by atoms with Gasteiger partial charge in [-0.25, -0.2) is 8.42 Å². The van der Waals surface area contributed by atoms with Crippen LogP contribution in [0.1, 0.15) is 24.3 Å². The Labute approximate surface area is 175 Å². The molecule has 1 spiro atoms. The zero-order chi connectivity index (χ0) is 20.9. The molecular formula is C20H22BNO7S. The molecule has 30 heavy (non-hydrogen) atoms. The Kier molecular flexibility index (Phi) is 4.68. The second kappa shape index (κ2) is 7.14. The minimum atomic E-state index is -3.06. The molecule has 10 heteroatoms. The first-order valence-corrected chi connectivity index (χ1v) is 11.7. The molecule has 1 aromatic heterocycles. The molecule has 0 saturated carbocycles. The Bertz CT molecular complexity index is 1080. The summed E-state index contributed by atoms with van der Waals surface area (Å²) in [6.07, 6.45) is 4.59. The van der Waals surface area contributed by atoms with Crippen LogP contribution in [0.5, 0.6) is 17.2 Å². The summed E-state index contributed by atoms with van der Waals surface area (Å²) in [4.78, 5) is 4.38. The fraction of sp³-hybridized carbons (Fsp3) is 0.450. The predicted octanol–water partition coefficient (Wildman–Crippen LogP) is 2.03. The van der Waals surface area contributed by atoms with Gasteiger partial charge in [0.2, 0.25) is 5.75 Å². The third kappa shape index (κ3) is 3.42. The normalized spacial score (nSPS) is 23.7. The fourth-order valence-corrected chi connectivity index (χ4v) is 5.69. The third-order valence-corrected chi connectivity index (χ3v) is 7.63. The lowest BCUT2D eigenvalue weighted by atomic mass is 9.80. The highest BCUT2D eigenvalue weighted by atomic mass is 32.2. The van der Waals surface area contributed by atoms with Crippen molar-refractivity contribution >= 4 is 17.0 Å². The second-order valence-corrected chi connectivity index (χ2v) is 10.3. The second-order valence-electron chi connectivity index (χ2n) is 7.97. The summed E-state index contributed by atoms with van der Waals surface area (Å²) < 4.78 is 47.0. The molecule has 0 aliphatic carbocycles. The van der Waals surface area contributed by atoms with E-state index in [0.717, 1.165) is 16.7 Å². The van der Waals surface area contributed by atoms with Gasteiger partial charge in [-0.3, -0.25) is 4.98 Å². The standard InChI is InChI=1S/C20H22BNO7S/c1-26-17-3-2-16(14-8-13(10-22-11-14)15-9-21(23)27-12-15)18-19(17)29-20(28-18)4-6-30(24,25)7-5-20/h2-3,8,10-11,15,23H,4-7,9,12H2,1H3/t15-/m0/s1. The van der Waals surface area contributed by atoms with Crippen LogP contribution in [0.25, 0.3) is 11.1 Å². The molecule has 2 fully saturated rings. The molecule has 0 unspecified atom stereocenters. The number of ether oxygens (including phenoxy) is 3. The molecule has 158 valence electrons. The van der Waals surface area contributed by atoms with E-state index in [1.807, 2.05) is 18.2 Å². The maximum Gasteiger partial charge on any atom is 0.454 e. The highest BCUT2D eigenvalue weighted by molar-refractivity contribution is 7.91. The number of methoxy groups -OCH3 is 1. The number of rotatable bonds is 3. The summed E-state index contributed by atoms with van der Waals surface area (Å²) in [5.41, 5.74) is 2.62. The zero-order valence-electron chi connectivity index (χ0n) is 16.5. The quantitative estimate of drug-likeness (QED) is 0.737. The Morgan fingerprint density at radius 1 is 1.20 bits per heavy atom. The summed E-state index contributed by atoms with van der Waals surface area (Å²) >= 11 is 0. The number of hydrogen-bond acceptors (Lipinski definition) is 8. The summed E-state index contributed by atoms with van der Waals surface area (Å²) in [7, 11) is -2.25. The van der Waals surface area contributed by atoms with E-state index in [1.165, 1.54) is 0 Å². The molecule has 0 radical (unpaired) electrons. The van der Waals surface area contributed by atoms with Gasteiger partial charge in [0, 0.05) is 48.9 Å². The maximum absolute atomic E-state index is 11.9. The van der Waals surface area contributed by atoms with E-state index in [0.29, 0.717) is 30.2 Å². The summed E-state index contributed by atoms with van der Waals surface area (Å²) in [6.45, 7) is 0.449. The van der Waals surface area contributed by atoms with Crippen molar-refractivity contribution in [2.45, 2.75) is 30.9 Å². The lowest BCUT2D eigenvalue weighted by Crippen LogP contribution is -2.46. The molecule has 0 amide bonds. The van der Waals surface area contributed by atoms with E-state index in [2.05, 4.69) is 4.98 Å². The molecular weight excluding hydrogens is 409 g/mol. The Morgan fingerprint density at radius 3 is 2.67 bits per heavy atom. The van der Waals surface area contributed by atoms with Crippen molar-refractivity contribution < 1.29 is 32.3 Å². The van der Waals surface area contributed by atoms with Crippen molar-refractivity contribution in [2.75, 3.05) is 25.2 Å². The lowest BCUT2D eigenvalue weighted by molar-refractivity contribution is -0.0860. The number of nitrogens with zero attached hydrogens (tertiary/aromatic N) is 1. The van der Waals surface area contributed by atoms with Crippen LogP contribution in [0.3, 0.4) is 0 Å². The van der Waals surface area contributed by atoms with Crippen LogP contribution >= 0.6 is 0 Å². The Hall–Kier alpha value is -2.30. The summed E-state index contributed by atoms with van der Waals surface area (Å²) in [5.74, 6) is 0.695. The molecule has 3 aliphatic heterocycles. The van der Waals surface area contributed by atoms with Gasteiger partial charge < -0.3 is 23.9 Å². The molecule has 1 atom stereocenters. The average molecular weight is 431 g/mol. The largest absolute Gasteiger partial charge is 0.493 e. The van der Waals surface area contributed by atoms with Crippen LogP contribution in [-0.2, 0) is 14.5 Å². The Balaban J connectivity index is 1.51. The van der Waals surface area contributed by atoms with Crippen molar-refractivity contribution in [3.05, 3.63) is 36.2 Å². The van der Waals surface area contributed by atoms with E-state index in [4.69, 9.17) is 18.9 Å². The minimum absolute atomic E-state index is 0.0275. The van der Waals surface area contributed by atoms with Crippen molar-refractivity contribution in [2.24, 2.45) is 0 Å². The molecule has 1 N–H and O–H groups in total. The van der Waals surface area contributed by atoms with Gasteiger partial charge in [-0.05, 0) is 30.1 Å².